The van der Waals surface area contributed by atoms with Gasteiger partial charge in [-0.05, 0) is 31.0 Å². The summed E-state index contributed by atoms with van der Waals surface area (Å²) in [7, 11) is 0. The standard InChI is InChI=1S/C14H18F2N2O2/c1-9-4-5-18(13(9)8-19)7-14(20)17-10-2-3-11(15)12(16)6-10/h2-3,6,9,13,19H,4-5,7-8H2,1H3,(H,17,20). The molecule has 2 unspecified atom stereocenters. The van der Waals surface area contributed by atoms with E-state index in [1.165, 1.54) is 6.07 Å². The number of amides is 1. The van der Waals surface area contributed by atoms with Gasteiger partial charge in [-0.3, -0.25) is 9.69 Å². The van der Waals surface area contributed by atoms with Crippen LogP contribution in [0.1, 0.15) is 13.3 Å². The lowest BCUT2D eigenvalue weighted by Crippen LogP contribution is -2.40. The summed E-state index contributed by atoms with van der Waals surface area (Å²) >= 11 is 0. The van der Waals surface area contributed by atoms with Gasteiger partial charge in [0.25, 0.3) is 0 Å². The molecule has 0 spiro atoms. The highest BCUT2D eigenvalue weighted by molar-refractivity contribution is 5.92. The van der Waals surface area contributed by atoms with Gasteiger partial charge in [0.05, 0.1) is 13.2 Å². The molecule has 1 aliphatic rings. The van der Waals surface area contributed by atoms with Gasteiger partial charge in [0.15, 0.2) is 11.6 Å². The summed E-state index contributed by atoms with van der Waals surface area (Å²) in [6.45, 7) is 2.93. The van der Waals surface area contributed by atoms with Crippen molar-refractivity contribution in [3.05, 3.63) is 29.8 Å². The lowest BCUT2D eigenvalue weighted by molar-refractivity contribution is -0.117. The van der Waals surface area contributed by atoms with Gasteiger partial charge < -0.3 is 10.4 Å². The Kier molecular flexibility index (Phi) is 4.67. The molecule has 0 aromatic heterocycles. The minimum absolute atomic E-state index is 0.0135. The molecule has 1 aromatic carbocycles. The lowest BCUT2D eigenvalue weighted by atomic mass is 10.0. The van der Waals surface area contributed by atoms with Crippen LogP contribution in [0.5, 0.6) is 0 Å². The average Bonchev–Trinajstić information content (AvgIpc) is 2.74. The van der Waals surface area contributed by atoms with E-state index in [0.29, 0.717) is 5.92 Å². The predicted molar refractivity (Wildman–Crippen MR) is 71.2 cm³/mol. The molecule has 1 aromatic rings. The zero-order valence-corrected chi connectivity index (χ0v) is 11.3. The number of halogens is 2. The van der Waals surface area contributed by atoms with Crippen LogP contribution in [0.15, 0.2) is 18.2 Å². The van der Waals surface area contributed by atoms with Crippen LogP contribution in [0, 0.1) is 17.6 Å². The Morgan fingerprint density at radius 2 is 2.20 bits per heavy atom. The second-order valence-electron chi connectivity index (χ2n) is 5.16. The van der Waals surface area contributed by atoms with E-state index in [1.54, 1.807) is 0 Å². The number of carbonyl (C=O) groups is 1. The lowest BCUT2D eigenvalue weighted by Gasteiger charge is -2.24. The molecule has 20 heavy (non-hydrogen) atoms. The van der Waals surface area contributed by atoms with Crippen LogP contribution in [0.2, 0.25) is 0 Å². The first-order valence-electron chi connectivity index (χ1n) is 6.61. The molecular formula is C14H18F2N2O2. The molecule has 1 heterocycles. The summed E-state index contributed by atoms with van der Waals surface area (Å²) in [5, 5.41) is 11.8. The van der Waals surface area contributed by atoms with Crippen molar-refractivity contribution in [3.8, 4) is 0 Å². The molecule has 6 heteroatoms. The molecular weight excluding hydrogens is 266 g/mol. The maximum atomic E-state index is 13.0. The number of benzene rings is 1. The third-order valence-electron chi connectivity index (χ3n) is 3.73. The second-order valence-corrected chi connectivity index (χ2v) is 5.16. The fourth-order valence-electron chi connectivity index (χ4n) is 2.54. The first-order valence-corrected chi connectivity index (χ1v) is 6.61. The Morgan fingerprint density at radius 3 is 2.85 bits per heavy atom. The van der Waals surface area contributed by atoms with Gasteiger partial charge in [-0.15, -0.1) is 0 Å². The highest BCUT2D eigenvalue weighted by Gasteiger charge is 2.31. The molecule has 0 bridgehead atoms. The summed E-state index contributed by atoms with van der Waals surface area (Å²) in [4.78, 5) is 13.8. The molecule has 0 saturated carbocycles. The van der Waals surface area contributed by atoms with Crippen molar-refractivity contribution in [2.24, 2.45) is 5.92 Å². The Bertz CT molecular complexity index is 496. The number of hydrogen-bond acceptors (Lipinski definition) is 3. The molecule has 4 nitrogen and oxygen atoms in total. The van der Waals surface area contributed by atoms with Crippen molar-refractivity contribution in [3.63, 3.8) is 0 Å². The van der Waals surface area contributed by atoms with Crippen molar-refractivity contribution < 1.29 is 18.7 Å². The highest BCUT2D eigenvalue weighted by Crippen LogP contribution is 2.23. The van der Waals surface area contributed by atoms with E-state index in [-0.39, 0.29) is 30.8 Å². The predicted octanol–water partition coefficient (Wildman–Crippen LogP) is 1.61. The zero-order chi connectivity index (χ0) is 14.7. The highest BCUT2D eigenvalue weighted by atomic mass is 19.2. The molecule has 1 aliphatic heterocycles. The summed E-state index contributed by atoms with van der Waals surface area (Å²) < 4.78 is 25.8. The smallest absolute Gasteiger partial charge is 0.238 e. The molecule has 110 valence electrons. The second kappa shape index (κ2) is 6.28. The number of aliphatic hydroxyl groups excluding tert-OH is 1. The summed E-state index contributed by atoms with van der Waals surface area (Å²) in [5.41, 5.74) is 0.224. The van der Waals surface area contributed by atoms with Crippen LogP contribution in [0.25, 0.3) is 0 Å². The number of rotatable bonds is 4. The number of nitrogens with zero attached hydrogens (tertiary/aromatic N) is 1. The minimum atomic E-state index is -0.995. The van der Waals surface area contributed by atoms with Crippen LogP contribution < -0.4 is 5.32 Å². The van der Waals surface area contributed by atoms with E-state index in [9.17, 15) is 18.7 Å². The van der Waals surface area contributed by atoms with Crippen molar-refractivity contribution in [1.29, 1.82) is 0 Å². The monoisotopic (exact) mass is 284 g/mol. The molecule has 1 fully saturated rings. The minimum Gasteiger partial charge on any atom is -0.395 e. The van der Waals surface area contributed by atoms with Gasteiger partial charge in [0, 0.05) is 17.8 Å². The Morgan fingerprint density at radius 1 is 1.45 bits per heavy atom. The Balaban J connectivity index is 1.94. The molecule has 2 rings (SSSR count). The van der Waals surface area contributed by atoms with Crippen LogP contribution in [0.3, 0.4) is 0 Å². The molecule has 2 N–H and O–H groups in total. The largest absolute Gasteiger partial charge is 0.395 e. The van der Waals surface area contributed by atoms with Crippen molar-refractivity contribution in [2.75, 3.05) is 25.0 Å². The Labute approximate surface area is 116 Å². The SMILES string of the molecule is CC1CCN(CC(=O)Nc2ccc(F)c(F)c2)C1CO. The van der Waals surface area contributed by atoms with Gasteiger partial charge in [0.2, 0.25) is 5.91 Å². The summed E-state index contributed by atoms with van der Waals surface area (Å²) in [6, 6.07) is 3.21. The number of carbonyl (C=O) groups excluding carboxylic acids is 1. The fraction of sp³-hybridized carbons (Fsp3) is 0.500. The van der Waals surface area contributed by atoms with Crippen molar-refractivity contribution in [2.45, 2.75) is 19.4 Å². The molecule has 1 amide bonds. The quantitative estimate of drug-likeness (QED) is 0.883. The van der Waals surface area contributed by atoms with E-state index in [4.69, 9.17) is 0 Å². The number of aliphatic hydroxyl groups is 1. The van der Waals surface area contributed by atoms with Crippen LogP contribution >= 0.6 is 0 Å². The Hall–Kier alpha value is -1.53. The van der Waals surface area contributed by atoms with Crippen LogP contribution in [-0.4, -0.2) is 41.7 Å². The topological polar surface area (TPSA) is 52.6 Å². The third kappa shape index (κ3) is 3.32. The fourth-order valence-corrected chi connectivity index (χ4v) is 2.54. The first kappa shape index (κ1) is 14.9. The zero-order valence-electron chi connectivity index (χ0n) is 11.3. The number of nitrogens with one attached hydrogen (secondary N) is 1. The maximum absolute atomic E-state index is 13.0. The molecule has 2 atom stereocenters. The molecule has 0 aliphatic carbocycles. The molecule has 1 saturated heterocycles. The third-order valence-corrected chi connectivity index (χ3v) is 3.73. The average molecular weight is 284 g/mol. The van der Waals surface area contributed by atoms with E-state index < -0.39 is 11.6 Å². The van der Waals surface area contributed by atoms with E-state index in [2.05, 4.69) is 5.32 Å². The van der Waals surface area contributed by atoms with Gasteiger partial charge in [-0.25, -0.2) is 8.78 Å². The van der Waals surface area contributed by atoms with Gasteiger partial charge in [-0.2, -0.15) is 0 Å². The van der Waals surface area contributed by atoms with Crippen molar-refractivity contribution >= 4 is 11.6 Å². The van der Waals surface area contributed by atoms with Gasteiger partial charge in [0.1, 0.15) is 0 Å². The number of hydrogen-bond donors (Lipinski definition) is 2. The van der Waals surface area contributed by atoms with Crippen LogP contribution in [0.4, 0.5) is 14.5 Å². The van der Waals surface area contributed by atoms with Gasteiger partial charge in [-0.1, -0.05) is 6.92 Å². The van der Waals surface area contributed by atoms with E-state index in [1.807, 2.05) is 11.8 Å². The van der Waals surface area contributed by atoms with Gasteiger partial charge >= 0.3 is 0 Å². The van der Waals surface area contributed by atoms with E-state index in [0.717, 1.165) is 25.1 Å². The summed E-state index contributed by atoms with van der Waals surface area (Å²) in [6.07, 6.45) is 0.934. The summed E-state index contributed by atoms with van der Waals surface area (Å²) in [5.74, 6) is -1.90. The normalized spacial score (nSPS) is 23.0. The number of anilines is 1. The number of likely N-dealkylation sites (tertiary alicyclic amines) is 1. The van der Waals surface area contributed by atoms with Crippen LogP contribution in [-0.2, 0) is 4.79 Å². The maximum Gasteiger partial charge on any atom is 0.238 e. The van der Waals surface area contributed by atoms with E-state index >= 15 is 0 Å². The first-order chi connectivity index (χ1) is 9.51. The van der Waals surface area contributed by atoms with Crippen molar-refractivity contribution in [1.82, 2.24) is 4.90 Å². The molecule has 0 radical (unpaired) electrons.